The van der Waals surface area contributed by atoms with Crippen LogP contribution in [0.25, 0.3) is 0 Å². The van der Waals surface area contributed by atoms with E-state index in [9.17, 15) is 34.8 Å². The molecule has 2 fully saturated rings. The molecule has 4 rings (SSSR count). The third kappa shape index (κ3) is 7.60. The first-order valence-electron chi connectivity index (χ1n) is 13.5. The van der Waals surface area contributed by atoms with Gasteiger partial charge in [0.15, 0.2) is 11.9 Å². The predicted octanol–water partition coefficient (Wildman–Crippen LogP) is 0.874. The molecule has 4 N–H and O–H groups in total. The Hall–Kier alpha value is -3.20. The summed E-state index contributed by atoms with van der Waals surface area (Å²) < 4.78 is 17.9. The highest BCUT2D eigenvalue weighted by Crippen LogP contribution is 2.26. The fourth-order valence-electron chi connectivity index (χ4n) is 4.67. The Morgan fingerprint density at radius 3 is 2.21 bits per heavy atom. The zero-order valence-electron chi connectivity index (χ0n) is 23.6. The molecular formula is C28H36ClN3O10. The number of carbonyl (C=O) groups excluding carboxylic acids is 1. The number of aliphatic carboxylic acids is 1. The van der Waals surface area contributed by atoms with Crippen LogP contribution in [0.5, 0.6) is 5.75 Å². The van der Waals surface area contributed by atoms with E-state index in [1.807, 2.05) is 4.90 Å². The van der Waals surface area contributed by atoms with Gasteiger partial charge in [0.05, 0.1) is 6.54 Å². The average Bonchev–Trinajstić information content (AvgIpc) is 2.92. The second-order valence-electron chi connectivity index (χ2n) is 11.3. The van der Waals surface area contributed by atoms with E-state index in [0.717, 1.165) is 5.56 Å². The van der Waals surface area contributed by atoms with Crippen LogP contribution in [0, 0.1) is 0 Å². The van der Waals surface area contributed by atoms with E-state index in [0.29, 0.717) is 36.8 Å². The Kier molecular flexibility index (Phi) is 9.81. The Labute approximate surface area is 247 Å². The molecule has 14 heteroatoms. The highest BCUT2D eigenvalue weighted by atomic mass is 35.5. The van der Waals surface area contributed by atoms with Crippen LogP contribution in [0.1, 0.15) is 31.9 Å². The van der Waals surface area contributed by atoms with Crippen molar-refractivity contribution >= 4 is 23.7 Å². The summed E-state index contributed by atoms with van der Waals surface area (Å²) in [5.41, 5.74) is -0.0118. The standard InChI is InChI=1S/C28H36ClN3O10/c1-28(2,3)42-27(39)31-12-10-30(11-13-31)15-17-8-9-32(14-16-4-6-18(29)7-5-16)24(36)22(17)40-26-21(35)19(33)20(34)23(41-26)25(37)38/h4-9,19-21,23,26,33-35H,10-15H2,1-3H3,(H,37,38)/t19-,20-,21?,23-,26+/m0/s1. The van der Waals surface area contributed by atoms with Gasteiger partial charge in [0.1, 0.15) is 23.9 Å². The molecule has 0 bridgehead atoms. The minimum Gasteiger partial charge on any atom is -0.479 e. The second kappa shape index (κ2) is 13.0. The van der Waals surface area contributed by atoms with Gasteiger partial charge in [0.2, 0.25) is 6.29 Å². The van der Waals surface area contributed by atoms with Crippen molar-refractivity contribution in [1.82, 2.24) is 14.4 Å². The number of nitrogens with zero attached hydrogens (tertiary/aromatic N) is 3. The third-order valence-corrected chi connectivity index (χ3v) is 7.19. The number of carboxylic acids is 1. The maximum Gasteiger partial charge on any atom is 0.410 e. The van der Waals surface area contributed by atoms with Crippen LogP contribution in [0.2, 0.25) is 5.02 Å². The number of piperazine rings is 1. The molecule has 13 nitrogen and oxygen atoms in total. The summed E-state index contributed by atoms with van der Waals surface area (Å²) in [6.07, 6.45) is -8.11. The van der Waals surface area contributed by atoms with Gasteiger partial charge in [-0.2, -0.15) is 0 Å². The molecule has 42 heavy (non-hydrogen) atoms. The van der Waals surface area contributed by atoms with Crippen LogP contribution in [-0.2, 0) is 27.4 Å². The van der Waals surface area contributed by atoms with Gasteiger partial charge in [-0.15, -0.1) is 0 Å². The summed E-state index contributed by atoms with van der Waals surface area (Å²) >= 11 is 5.98. The molecule has 2 aliphatic heterocycles. The van der Waals surface area contributed by atoms with Crippen molar-refractivity contribution in [2.45, 2.75) is 70.2 Å². The van der Waals surface area contributed by atoms with Crippen molar-refractivity contribution < 1.29 is 44.2 Å². The molecule has 0 spiro atoms. The fraction of sp³-hybridized carbons (Fsp3) is 0.536. The monoisotopic (exact) mass is 609 g/mol. The summed E-state index contributed by atoms with van der Waals surface area (Å²) in [6, 6.07) is 8.57. The first-order chi connectivity index (χ1) is 19.7. The third-order valence-electron chi connectivity index (χ3n) is 6.93. The first-order valence-corrected chi connectivity index (χ1v) is 13.9. The molecule has 1 aromatic carbocycles. The molecule has 2 aliphatic rings. The summed E-state index contributed by atoms with van der Waals surface area (Å²) in [5.74, 6) is -1.78. The van der Waals surface area contributed by atoms with Crippen LogP contribution >= 0.6 is 11.6 Å². The summed E-state index contributed by atoms with van der Waals surface area (Å²) in [7, 11) is 0. The maximum absolute atomic E-state index is 13.7. The summed E-state index contributed by atoms with van der Waals surface area (Å²) in [6.45, 7) is 7.51. The Balaban J connectivity index is 1.58. The van der Waals surface area contributed by atoms with E-state index in [4.69, 9.17) is 25.8 Å². The molecule has 0 saturated carbocycles. The number of hydrogen-bond donors (Lipinski definition) is 4. The molecule has 230 valence electrons. The predicted molar refractivity (Wildman–Crippen MR) is 149 cm³/mol. The Morgan fingerprint density at radius 2 is 1.62 bits per heavy atom. The van der Waals surface area contributed by atoms with Crippen molar-refractivity contribution in [3.8, 4) is 5.75 Å². The molecule has 1 amide bonds. The number of amides is 1. The Morgan fingerprint density at radius 1 is 0.976 bits per heavy atom. The van der Waals surface area contributed by atoms with Gasteiger partial charge >= 0.3 is 12.1 Å². The SMILES string of the molecule is CC(C)(C)OC(=O)N1CCN(Cc2ccn(Cc3ccc(Cl)cc3)c(=O)c2O[C@@H]2O[C@H](C(=O)O)[C@@H](O)[C@H](O)C2O)CC1. The normalized spacial score (nSPS) is 25.2. The number of hydrogen-bond acceptors (Lipinski definition) is 10. The van der Waals surface area contributed by atoms with Crippen LogP contribution in [0.3, 0.4) is 0 Å². The van der Waals surface area contributed by atoms with Gasteiger partial charge < -0.3 is 44.1 Å². The number of carboxylic acid groups (broad SMARTS) is 1. The lowest BCUT2D eigenvalue weighted by Gasteiger charge is -2.39. The molecule has 0 radical (unpaired) electrons. The van der Waals surface area contributed by atoms with Crippen LogP contribution in [0.15, 0.2) is 41.3 Å². The van der Waals surface area contributed by atoms with Crippen LogP contribution < -0.4 is 10.3 Å². The van der Waals surface area contributed by atoms with E-state index in [2.05, 4.69) is 0 Å². The number of rotatable bonds is 7. The number of aliphatic hydroxyl groups is 3. The molecule has 0 aliphatic carbocycles. The zero-order valence-corrected chi connectivity index (χ0v) is 24.3. The van der Waals surface area contributed by atoms with Gasteiger partial charge in [-0.3, -0.25) is 9.69 Å². The van der Waals surface area contributed by atoms with Crippen molar-refractivity contribution in [2.24, 2.45) is 0 Å². The summed E-state index contributed by atoms with van der Waals surface area (Å²) in [5, 5.41) is 40.8. The molecule has 1 unspecified atom stereocenters. The fourth-order valence-corrected chi connectivity index (χ4v) is 4.80. The van der Waals surface area contributed by atoms with E-state index in [-0.39, 0.29) is 18.8 Å². The van der Waals surface area contributed by atoms with E-state index in [1.165, 1.54) is 4.57 Å². The zero-order chi connectivity index (χ0) is 30.8. The van der Waals surface area contributed by atoms with Gasteiger partial charge in [-0.1, -0.05) is 23.7 Å². The molecular weight excluding hydrogens is 574 g/mol. The highest BCUT2D eigenvalue weighted by Gasteiger charge is 2.48. The molecule has 3 heterocycles. The van der Waals surface area contributed by atoms with E-state index >= 15 is 0 Å². The lowest BCUT2D eigenvalue weighted by molar-refractivity contribution is -0.271. The minimum absolute atomic E-state index is 0.161. The summed E-state index contributed by atoms with van der Waals surface area (Å²) in [4.78, 5) is 41.3. The Bertz CT molecular complexity index is 1320. The molecule has 2 aromatic rings. The van der Waals surface area contributed by atoms with Gasteiger partial charge in [0, 0.05) is 49.5 Å². The van der Waals surface area contributed by atoms with Gasteiger partial charge in [-0.05, 0) is 44.5 Å². The van der Waals surface area contributed by atoms with Crippen molar-refractivity contribution in [2.75, 3.05) is 26.2 Å². The van der Waals surface area contributed by atoms with Crippen LogP contribution in [0.4, 0.5) is 4.79 Å². The van der Waals surface area contributed by atoms with Gasteiger partial charge in [0.25, 0.3) is 5.56 Å². The average molecular weight is 610 g/mol. The van der Waals surface area contributed by atoms with Crippen molar-refractivity contribution in [3.05, 3.63) is 63.0 Å². The largest absolute Gasteiger partial charge is 0.479 e. The number of carbonyl (C=O) groups is 2. The number of pyridine rings is 1. The number of halogens is 1. The lowest BCUT2D eigenvalue weighted by atomic mass is 9.99. The van der Waals surface area contributed by atoms with E-state index < -0.39 is 53.9 Å². The van der Waals surface area contributed by atoms with E-state index in [1.54, 1.807) is 62.2 Å². The highest BCUT2D eigenvalue weighted by molar-refractivity contribution is 6.30. The number of benzene rings is 1. The van der Waals surface area contributed by atoms with Crippen molar-refractivity contribution in [1.29, 1.82) is 0 Å². The van der Waals surface area contributed by atoms with Gasteiger partial charge in [-0.25, -0.2) is 9.59 Å². The molecule has 2 saturated heterocycles. The molecule has 5 atom stereocenters. The molecule has 1 aromatic heterocycles. The maximum atomic E-state index is 13.7. The second-order valence-corrected chi connectivity index (χ2v) is 11.8. The topological polar surface area (TPSA) is 171 Å². The first kappa shape index (κ1) is 31.7. The number of aliphatic hydroxyl groups excluding tert-OH is 3. The van der Waals surface area contributed by atoms with Crippen molar-refractivity contribution in [3.63, 3.8) is 0 Å². The number of aromatic nitrogens is 1. The lowest BCUT2D eigenvalue weighted by Crippen LogP contribution is -2.61. The quantitative estimate of drug-likeness (QED) is 0.351. The smallest absolute Gasteiger partial charge is 0.410 e. The van der Waals surface area contributed by atoms with Crippen LogP contribution in [-0.4, -0.2) is 109 Å². The minimum atomic E-state index is -1.91. The number of ether oxygens (including phenoxy) is 3.